The molecule has 1 saturated heterocycles. The molecule has 1 aromatic carbocycles. The summed E-state index contributed by atoms with van der Waals surface area (Å²) in [6.45, 7) is 3.74. The minimum Gasteiger partial charge on any atom is -0.377 e. The molecule has 0 saturated carbocycles. The second-order valence-electron chi connectivity index (χ2n) is 5.05. The van der Waals surface area contributed by atoms with Crippen LogP contribution in [0.3, 0.4) is 0 Å². The highest BCUT2D eigenvalue weighted by molar-refractivity contribution is 7.99. The standard InChI is InChI=1S/C15H19N3OS/c1-12-16-17-15(20-11-14-8-5-9-19-14)18(12)10-13-6-3-2-4-7-13/h2-4,6-7,14H,5,8-11H2,1H3/t14-/m1/s1. The molecule has 0 radical (unpaired) electrons. The van der Waals surface area contributed by atoms with Crippen molar-refractivity contribution in [3.63, 3.8) is 0 Å². The van der Waals surface area contributed by atoms with Crippen molar-refractivity contribution in [1.82, 2.24) is 14.8 Å². The number of thioether (sulfide) groups is 1. The molecule has 1 fully saturated rings. The largest absolute Gasteiger partial charge is 0.377 e. The maximum atomic E-state index is 5.66. The number of hydrogen-bond acceptors (Lipinski definition) is 4. The molecule has 4 nitrogen and oxygen atoms in total. The molecule has 3 rings (SSSR count). The lowest BCUT2D eigenvalue weighted by Gasteiger charge is -2.10. The van der Waals surface area contributed by atoms with Crippen LogP contribution in [0, 0.1) is 6.92 Å². The van der Waals surface area contributed by atoms with Crippen molar-refractivity contribution in [1.29, 1.82) is 0 Å². The minimum absolute atomic E-state index is 0.377. The summed E-state index contributed by atoms with van der Waals surface area (Å²) in [6.07, 6.45) is 2.72. The molecule has 2 heterocycles. The number of hydrogen-bond donors (Lipinski definition) is 0. The van der Waals surface area contributed by atoms with Crippen LogP contribution in [0.4, 0.5) is 0 Å². The zero-order valence-corrected chi connectivity index (χ0v) is 12.5. The number of aromatic nitrogens is 3. The van der Waals surface area contributed by atoms with Crippen LogP contribution in [-0.4, -0.2) is 33.2 Å². The highest BCUT2D eigenvalue weighted by atomic mass is 32.2. The first-order valence-corrected chi connectivity index (χ1v) is 7.99. The summed E-state index contributed by atoms with van der Waals surface area (Å²) >= 11 is 1.75. The lowest BCUT2D eigenvalue weighted by atomic mass is 10.2. The van der Waals surface area contributed by atoms with Crippen molar-refractivity contribution in [2.24, 2.45) is 0 Å². The summed E-state index contributed by atoms with van der Waals surface area (Å²) in [7, 11) is 0. The zero-order valence-electron chi connectivity index (χ0n) is 11.7. The van der Waals surface area contributed by atoms with E-state index in [2.05, 4.69) is 39.0 Å². The Kier molecular flexibility index (Phi) is 4.38. The fraction of sp³-hybridized carbons (Fsp3) is 0.467. The van der Waals surface area contributed by atoms with E-state index in [1.165, 1.54) is 18.4 Å². The number of nitrogens with zero attached hydrogens (tertiary/aromatic N) is 3. The Morgan fingerprint density at radius 1 is 1.30 bits per heavy atom. The first-order valence-electron chi connectivity index (χ1n) is 7.01. The lowest BCUT2D eigenvalue weighted by molar-refractivity contribution is 0.129. The molecule has 0 unspecified atom stereocenters. The van der Waals surface area contributed by atoms with Crippen LogP contribution in [-0.2, 0) is 11.3 Å². The third kappa shape index (κ3) is 3.22. The third-order valence-corrected chi connectivity index (χ3v) is 4.61. The molecule has 106 valence electrons. The van der Waals surface area contributed by atoms with Gasteiger partial charge in [0.15, 0.2) is 5.16 Å². The fourth-order valence-electron chi connectivity index (χ4n) is 2.36. The SMILES string of the molecule is Cc1nnc(SC[C@H]2CCCO2)n1Cc1ccccc1. The lowest BCUT2D eigenvalue weighted by Crippen LogP contribution is -2.10. The van der Waals surface area contributed by atoms with Gasteiger partial charge in [0.05, 0.1) is 12.6 Å². The Labute approximate surface area is 123 Å². The van der Waals surface area contributed by atoms with E-state index in [0.29, 0.717) is 6.10 Å². The van der Waals surface area contributed by atoms with E-state index in [1.807, 2.05) is 13.0 Å². The van der Waals surface area contributed by atoms with Crippen molar-refractivity contribution >= 4 is 11.8 Å². The zero-order chi connectivity index (χ0) is 13.8. The van der Waals surface area contributed by atoms with Crippen molar-refractivity contribution in [2.45, 2.75) is 37.6 Å². The van der Waals surface area contributed by atoms with E-state index < -0.39 is 0 Å². The molecular weight excluding hydrogens is 270 g/mol. The van der Waals surface area contributed by atoms with Crippen molar-refractivity contribution in [3.05, 3.63) is 41.7 Å². The maximum Gasteiger partial charge on any atom is 0.191 e. The van der Waals surface area contributed by atoms with E-state index >= 15 is 0 Å². The van der Waals surface area contributed by atoms with E-state index in [-0.39, 0.29) is 0 Å². The van der Waals surface area contributed by atoms with Gasteiger partial charge in [0.1, 0.15) is 5.82 Å². The van der Waals surface area contributed by atoms with Crippen LogP contribution in [0.25, 0.3) is 0 Å². The molecule has 0 amide bonds. The Bertz CT molecular complexity index is 550. The van der Waals surface area contributed by atoms with Gasteiger partial charge in [0, 0.05) is 12.4 Å². The van der Waals surface area contributed by atoms with Gasteiger partial charge in [-0.2, -0.15) is 0 Å². The molecule has 0 spiro atoms. The van der Waals surface area contributed by atoms with Gasteiger partial charge < -0.3 is 9.30 Å². The molecular formula is C15H19N3OS. The van der Waals surface area contributed by atoms with E-state index in [4.69, 9.17) is 4.74 Å². The predicted molar refractivity (Wildman–Crippen MR) is 80.0 cm³/mol. The first kappa shape index (κ1) is 13.6. The number of ether oxygens (including phenoxy) is 1. The summed E-state index contributed by atoms with van der Waals surface area (Å²) in [5.41, 5.74) is 1.27. The summed E-state index contributed by atoms with van der Waals surface area (Å²) in [4.78, 5) is 0. The van der Waals surface area contributed by atoms with E-state index in [9.17, 15) is 0 Å². The van der Waals surface area contributed by atoms with Gasteiger partial charge in [-0.05, 0) is 25.3 Å². The number of aryl methyl sites for hydroxylation is 1. The average molecular weight is 289 g/mol. The fourth-order valence-corrected chi connectivity index (χ4v) is 3.41. The van der Waals surface area contributed by atoms with Crippen LogP contribution in [0.2, 0.25) is 0 Å². The molecule has 0 aliphatic carbocycles. The smallest absolute Gasteiger partial charge is 0.191 e. The summed E-state index contributed by atoms with van der Waals surface area (Å²) in [5, 5.41) is 9.49. The predicted octanol–water partition coefficient (Wildman–Crippen LogP) is 2.91. The van der Waals surface area contributed by atoms with Crippen LogP contribution in [0.5, 0.6) is 0 Å². The molecule has 1 atom stereocenters. The van der Waals surface area contributed by atoms with Gasteiger partial charge in [-0.1, -0.05) is 42.1 Å². The average Bonchev–Trinajstić information content (AvgIpc) is 3.10. The molecule has 0 bridgehead atoms. The van der Waals surface area contributed by atoms with Gasteiger partial charge in [-0.25, -0.2) is 0 Å². The Balaban J connectivity index is 1.68. The molecule has 1 aromatic heterocycles. The number of benzene rings is 1. The van der Waals surface area contributed by atoms with Crippen molar-refractivity contribution < 1.29 is 4.74 Å². The highest BCUT2D eigenvalue weighted by Gasteiger charge is 2.18. The summed E-state index contributed by atoms with van der Waals surface area (Å²) in [6, 6.07) is 10.4. The molecule has 0 N–H and O–H groups in total. The third-order valence-electron chi connectivity index (χ3n) is 3.51. The van der Waals surface area contributed by atoms with Crippen LogP contribution >= 0.6 is 11.8 Å². The van der Waals surface area contributed by atoms with E-state index in [1.54, 1.807) is 11.8 Å². The Hall–Kier alpha value is -1.33. The van der Waals surface area contributed by atoms with Crippen molar-refractivity contribution in [3.8, 4) is 0 Å². The minimum atomic E-state index is 0.377. The maximum absolute atomic E-state index is 5.66. The topological polar surface area (TPSA) is 39.9 Å². The van der Waals surface area contributed by atoms with Gasteiger partial charge in [-0.3, -0.25) is 0 Å². The molecule has 2 aromatic rings. The van der Waals surface area contributed by atoms with Crippen LogP contribution in [0.1, 0.15) is 24.2 Å². The second kappa shape index (κ2) is 6.41. The monoisotopic (exact) mass is 289 g/mol. The quantitative estimate of drug-likeness (QED) is 0.794. The Morgan fingerprint density at radius 3 is 2.90 bits per heavy atom. The molecule has 1 aliphatic rings. The normalized spacial score (nSPS) is 18.6. The highest BCUT2D eigenvalue weighted by Crippen LogP contribution is 2.23. The molecule has 1 aliphatic heterocycles. The van der Waals surface area contributed by atoms with E-state index in [0.717, 1.165) is 29.9 Å². The van der Waals surface area contributed by atoms with Crippen LogP contribution in [0.15, 0.2) is 35.5 Å². The number of rotatable bonds is 5. The second-order valence-corrected chi connectivity index (χ2v) is 6.03. The van der Waals surface area contributed by atoms with Gasteiger partial charge in [-0.15, -0.1) is 10.2 Å². The van der Waals surface area contributed by atoms with Gasteiger partial charge >= 0.3 is 0 Å². The summed E-state index contributed by atoms with van der Waals surface area (Å²) in [5.74, 6) is 1.93. The molecule has 20 heavy (non-hydrogen) atoms. The Morgan fingerprint density at radius 2 is 2.15 bits per heavy atom. The van der Waals surface area contributed by atoms with Crippen molar-refractivity contribution in [2.75, 3.05) is 12.4 Å². The van der Waals surface area contributed by atoms with Gasteiger partial charge in [0.25, 0.3) is 0 Å². The summed E-state index contributed by atoms with van der Waals surface area (Å²) < 4.78 is 7.84. The van der Waals surface area contributed by atoms with Crippen LogP contribution < -0.4 is 0 Å². The first-order chi connectivity index (χ1) is 9.83. The van der Waals surface area contributed by atoms with Gasteiger partial charge in [0.2, 0.25) is 0 Å². The molecule has 5 heteroatoms.